The van der Waals surface area contributed by atoms with Gasteiger partial charge in [0.2, 0.25) is 5.91 Å². The van der Waals surface area contributed by atoms with E-state index in [4.69, 9.17) is 4.74 Å². The van der Waals surface area contributed by atoms with Crippen molar-refractivity contribution in [2.24, 2.45) is 0 Å². The zero-order valence-electron chi connectivity index (χ0n) is 14.7. The number of carbonyl (C=O) groups is 1. The topological polar surface area (TPSA) is 117 Å². The molecule has 2 aromatic heterocycles. The minimum Gasteiger partial charge on any atom is -0.475 e. The van der Waals surface area contributed by atoms with Gasteiger partial charge in [0.1, 0.15) is 6.20 Å². The molecule has 0 fully saturated rings. The van der Waals surface area contributed by atoms with E-state index in [0.29, 0.717) is 0 Å². The summed E-state index contributed by atoms with van der Waals surface area (Å²) in [6, 6.07) is -0.172. The molecule has 136 valence electrons. The number of nitro groups is 1. The first-order valence-corrected chi connectivity index (χ1v) is 7.94. The molecule has 2 heterocycles. The van der Waals surface area contributed by atoms with Gasteiger partial charge in [0.15, 0.2) is 0 Å². The molecule has 25 heavy (non-hydrogen) atoms. The Labute approximate surface area is 144 Å². The van der Waals surface area contributed by atoms with Crippen molar-refractivity contribution in [3.8, 4) is 5.88 Å². The van der Waals surface area contributed by atoms with Crippen LogP contribution in [-0.4, -0.2) is 37.5 Å². The molecule has 10 heteroatoms. The van der Waals surface area contributed by atoms with Gasteiger partial charge >= 0.3 is 11.6 Å². The van der Waals surface area contributed by atoms with Gasteiger partial charge in [-0.3, -0.25) is 24.3 Å². The van der Waals surface area contributed by atoms with E-state index in [1.807, 2.05) is 31.6 Å². The van der Waals surface area contributed by atoms with Crippen LogP contribution in [0.2, 0.25) is 0 Å². The summed E-state index contributed by atoms with van der Waals surface area (Å²) < 4.78 is 8.02. The maximum atomic E-state index is 12.1. The first kappa shape index (κ1) is 18.4. The van der Waals surface area contributed by atoms with Crippen molar-refractivity contribution in [3.05, 3.63) is 33.8 Å². The van der Waals surface area contributed by atoms with Gasteiger partial charge in [0.25, 0.3) is 0 Å². The van der Waals surface area contributed by atoms with E-state index in [2.05, 4.69) is 15.5 Å². The van der Waals surface area contributed by atoms with Crippen molar-refractivity contribution in [1.82, 2.24) is 24.9 Å². The van der Waals surface area contributed by atoms with Crippen molar-refractivity contribution in [2.45, 2.75) is 46.3 Å². The van der Waals surface area contributed by atoms with Crippen LogP contribution in [0.1, 0.15) is 37.6 Å². The number of aromatic nitrogens is 4. The molecule has 0 aliphatic heterocycles. The maximum absolute atomic E-state index is 12.1. The lowest BCUT2D eigenvalue weighted by molar-refractivity contribution is -0.385. The molecule has 0 saturated heterocycles. The Kier molecular flexibility index (Phi) is 5.73. The Morgan fingerprint density at radius 2 is 2.12 bits per heavy atom. The van der Waals surface area contributed by atoms with E-state index in [1.165, 1.54) is 18.0 Å². The van der Waals surface area contributed by atoms with Gasteiger partial charge in [-0.25, -0.2) is 0 Å². The highest BCUT2D eigenvalue weighted by Crippen LogP contribution is 2.24. The zero-order valence-corrected chi connectivity index (χ0v) is 14.7. The standard InChI is InChI=1S/C15H22N6O4/c1-5-19-8-12(11(3)17-19)10(2)16-14(22)6-7-20-9-13(21(23)24)15(18-20)25-4/h8-10H,5-7H2,1-4H3,(H,16,22). The molecule has 0 aromatic carbocycles. The fourth-order valence-corrected chi connectivity index (χ4v) is 2.51. The highest BCUT2D eigenvalue weighted by atomic mass is 16.6. The fraction of sp³-hybridized carbons (Fsp3) is 0.533. The summed E-state index contributed by atoms with van der Waals surface area (Å²) in [7, 11) is 1.31. The minimum absolute atomic E-state index is 0.0682. The van der Waals surface area contributed by atoms with E-state index in [1.54, 1.807) is 0 Å². The van der Waals surface area contributed by atoms with Crippen molar-refractivity contribution in [2.75, 3.05) is 7.11 Å². The second-order valence-corrected chi connectivity index (χ2v) is 5.61. The third kappa shape index (κ3) is 4.34. The van der Waals surface area contributed by atoms with Crippen LogP contribution in [0, 0.1) is 17.0 Å². The molecule has 0 saturated carbocycles. The number of aryl methyl sites for hydroxylation is 3. The molecule has 0 spiro atoms. The smallest absolute Gasteiger partial charge is 0.350 e. The third-order valence-corrected chi connectivity index (χ3v) is 3.82. The molecule has 2 rings (SSSR count). The molecule has 0 bridgehead atoms. The number of nitrogens with zero attached hydrogens (tertiary/aromatic N) is 5. The second-order valence-electron chi connectivity index (χ2n) is 5.61. The molecular weight excluding hydrogens is 328 g/mol. The first-order valence-electron chi connectivity index (χ1n) is 7.94. The van der Waals surface area contributed by atoms with E-state index < -0.39 is 4.92 Å². The van der Waals surface area contributed by atoms with Gasteiger partial charge in [-0.2, -0.15) is 5.10 Å². The van der Waals surface area contributed by atoms with Crippen LogP contribution in [-0.2, 0) is 17.9 Å². The highest BCUT2D eigenvalue weighted by Gasteiger charge is 2.21. The summed E-state index contributed by atoms with van der Waals surface area (Å²) in [5.74, 6) is -0.241. The summed E-state index contributed by atoms with van der Waals surface area (Å²) in [5.41, 5.74) is 1.62. The van der Waals surface area contributed by atoms with Gasteiger partial charge in [0.05, 0.1) is 30.3 Å². The summed E-state index contributed by atoms with van der Waals surface area (Å²) in [6.07, 6.45) is 3.32. The predicted molar refractivity (Wildman–Crippen MR) is 89.2 cm³/mol. The monoisotopic (exact) mass is 350 g/mol. The van der Waals surface area contributed by atoms with E-state index in [9.17, 15) is 14.9 Å². The number of methoxy groups -OCH3 is 1. The van der Waals surface area contributed by atoms with Gasteiger partial charge < -0.3 is 10.1 Å². The Morgan fingerprint density at radius 1 is 1.40 bits per heavy atom. The van der Waals surface area contributed by atoms with Crippen molar-refractivity contribution in [3.63, 3.8) is 0 Å². The average molecular weight is 350 g/mol. The highest BCUT2D eigenvalue weighted by molar-refractivity contribution is 5.76. The lowest BCUT2D eigenvalue weighted by Gasteiger charge is -2.13. The van der Waals surface area contributed by atoms with Crippen LogP contribution < -0.4 is 10.1 Å². The quantitative estimate of drug-likeness (QED) is 0.571. The van der Waals surface area contributed by atoms with Gasteiger partial charge in [-0.05, 0) is 20.8 Å². The molecule has 1 atom stereocenters. The predicted octanol–water partition coefficient (Wildman–Crippen LogP) is 1.59. The second kappa shape index (κ2) is 7.77. The Bertz CT molecular complexity index is 766. The molecule has 1 unspecified atom stereocenters. The molecule has 0 aliphatic carbocycles. The largest absolute Gasteiger partial charge is 0.475 e. The van der Waals surface area contributed by atoms with Crippen molar-refractivity contribution < 1.29 is 14.5 Å². The fourth-order valence-electron chi connectivity index (χ4n) is 2.51. The minimum atomic E-state index is -0.571. The summed E-state index contributed by atoms with van der Waals surface area (Å²) in [6.45, 7) is 6.78. The zero-order chi connectivity index (χ0) is 18.6. The summed E-state index contributed by atoms with van der Waals surface area (Å²) in [5, 5.41) is 22.1. The number of ether oxygens (including phenoxy) is 1. The molecule has 1 amide bonds. The lowest BCUT2D eigenvalue weighted by Crippen LogP contribution is -2.27. The molecule has 2 aromatic rings. The van der Waals surface area contributed by atoms with Crippen molar-refractivity contribution in [1.29, 1.82) is 0 Å². The normalized spacial score (nSPS) is 12.0. The van der Waals surface area contributed by atoms with Crippen LogP contribution in [0.4, 0.5) is 5.69 Å². The van der Waals surface area contributed by atoms with Crippen LogP contribution in [0.5, 0.6) is 5.88 Å². The van der Waals surface area contributed by atoms with Crippen LogP contribution in [0.3, 0.4) is 0 Å². The van der Waals surface area contributed by atoms with E-state index in [0.717, 1.165) is 17.8 Å². The van der Waals surface area contributed by atoms with E-state index >= 15 is 0 Å². The SMILES string of the molecule is CCn1cc(C(C)NC(=O)CCn2cc([N+](=O)[O-])c(OC)n2)c(C)n1. The number of rotatable bonds is 8. The molecule has 1 N–H and O–H groups in total. The lowest BCUT2D eigenvalue weighted by atomic mass is 10.1. The van der Waals surface area contributed by atoms with Gasteiger partial charge in [-0.15, -0.1) is 5.10 Å². The van der Waals surface area contributed by atoms with Crippen LogP contribution >= 0.6 is 0 Å². The summed E-state index contributed by atoms with van der Waals surface area (Å²) >= 11 is 0. The first-order chi connectivity index (χ1) is 11.8. The van der Waals surface area contributed by atoms with Gasteiger partial charge in [-0.1, -0.05) is 0 Å². The molecule has 0 radical (unpaired) electrons. The molecule has 0 aliphatic rings. The third-order valence-electron chi connectivity index (χ3n) is 3.82. The summed E-state index contributed by atoms with van der Waals surface area (Å²) in [4.78, 5) is 22.4. The average Bonchev–Trinajstić information content (AvgIpc) is 3.16. The number of amides is 1. The van der Waals surface area contributed by atoms with E-state index in [-0.39, 0.29) is 36.5 Å². The Balaban J connectivity index is 1.94. The van der Waals surface area contributed by atoms with Gasteiger partial charge in [0, 0.05) is 24.7 Å². The van der Waals surface area contributed by atoms with Crippen molar-refractivity contribution >= 4 is 11.6 Å². The number of carbonyl (C=O) groups excluding carboxylic acids is 1. The molecular formula is C15H22N6O4. The number of hydrogen-bond donors (Lipinski definition) is 1. The number of nitrogens with one attached hydrogen (secondary N) is 1. The van der Waals surface area contributed by atoms with Crippen LogP contribution in [0.15, 0.2) is 12.4 Å². The molecule has 10 nitrogen and oxygen atoms in total. The number of hydrogen-bond acceptors (Lipinski definition) is 6. The Hall–Kier alpha value is -2.91. The maximum Gasteiger partial charge on any atom is 0.350 e. The Morgan fingerprint density at radius 3 is 2.64 bits per heavy atom. The van der Waals surface area contributed by atoms with Crippen LogP contribution in [0.25, 0.3) is 0 Å².